The van der Waals surface area contributed by atoms with Crippen molar-refractivity contribution < 1.29 is 18.3 Å². The van der Waals surface area contributed by atoms with Crippen LogP contribution in [0.4, 0.5) is 13.2 Å². The lowest BCUT2D eigenvalue weighted by atomic mass is 9.78. The van der Waals surface area contributed by atoms with Gasteiger partial charge in [-0.15, -0.1) is 6.58 Å². The number of rotatable bonds is 4. The van der Waals surface area contributed by atoms with Crippen LogP contribution in [0, 0.1) is 11.8 Å². The fourth-order valence-corrected chi connectivity index (χ4v) is 2.36. The molecular weight excluding hydrogens is 217 g/mol. The zero-order chi connectivity index (χ0) is 12.2. The number of aliphatic hydroxyl groups is 1. The smallest absolute Gasteiger partial charge is 0.391 e. The SMILES string of the molecule is C=CCCC(O)C1CCC(C(F)(F)F)CC1. The molecule has 0 aliphatic heterocycles. The second-order valence-electron chi connectivity index (χ2n) is 4.59. The van der Waals surface area contributed by atoms with Crippen molar-refractivity contribution in [3.63, 3.8) is 0 Å². The third kappa shape index (κ3) is 3.81. The molecule has 1 atom stereocenters. The van der Waals surface area contributed by atoms with E-state index in [1.165, 1.54) is 0 Å². The van der Waals surface area contributed by atoms with E-state index < -0.39 is 18.2 Å². The van der Waals surface area contributed by atoms with Crippen molar-refractivity contribution in [2.45, 2.75) is 50.8 Å². The lowest BCUT2D eigenvalue weighted by Crippen LogP contribution is -2.31. The predicted molar refractivity (Wildman–Crippen MR) is 56.9 cm³/mol. The minimum absolute atomic E-state index is 0.0403. The van der Waals surface area contributed by atoms with Crippen LogP contribution < -0.4 is 0 Å². The predicted octanol–water partition coefficient (Wildman–Crippen LogP) is 3.68. The van der Waals surface area contributed by atoms with Gasteiger partial charge in [0.1, 0.15) is 0 Å². The lowest BCUT2D eigenvalue weighted by Gasteiger charge is -2.32. The third-order valence-corrected chi connectivity index (χ3v) is 3.45. The fraction of sp³-hybridized carbons (Fsp3) is 0.833. The first-order valence-corrected chi connectivity index (χ1v) is 5.80. The first-order chi connectivity index (χ1) is 7.45. The number of hydrogen-bond acceptors (Lipinski definition) is 1. The Morgan fingerprint density at radius 1 is 1.25 bits per heavy atom. The van der Waals surface area contributed by atoms with Crippen molar-refractivity contribution in [2.75, 3.05) is 0 Å². The van der Waals surface area contributed by atoms with Gasteiger partial charge in [0.2, 0.25) is 0 Å². The summed E-state index contributed by atoms with van der Waals surface area (Å²) in [6, 6.07) is 0. The molecule has 1 aliphatic carbocycles. The Morgan fingerprint density at radius 3 is 2.25 bits per heavy atom. The van der Waals surface area contributed by atoms with E-state index in [0.29, 0.717) is 19.3 Å². The van der Waals surface area contributed by atoms with E-state index in [1.807, 2.05) is 0 Å². The van der Waals surface area contributed by atoms with Gasteiger partial charge >= 0.3 is 6.18 Å². The Kier molecular flexibility index (Phi) is 4.84. The molecule has 0 amide bonds. The van der Waals surface area contributed by atoms with Crippen LogP contribution in [0.5, 0.6) is 0 Å². The molecule has 1 saturated carbocycles. The quantitative estimate of drug-likeness (QED) is 0.738. The first kappa shape index (κ1) is 13.6. The van der Waals surface area contributed by atoms with Crippen LogP contribution in [-0.2, 0) is 0 Å². The molecule has 94 valence electrons. The summed E-state index contributed by atoms with van der Waals surface area (Å²) in [4.78, 5) is 0. The fourth-order valence-electron chi connectivity index (χ4n) is 2.36. The maximum atomic E-state index is 12.4. The highest BCUT2D eigenvalue weighted by atomic mass is 19.4. The molecule has 1 aliphatic rings. The topological polar surface area (TPSA) is 20.2 Å². The standard InChI is InChI=1S/C12H19F3O/c1-2-3-4-11(16)9-5-7-10(8-6-9)12(13,14)15/h2,9-11,16H,1,3-8H2. The van der Waals surface area contributed by atoms with Gasteiger partial charge in [-0.3, -0.25) is 0 Å². The zero-order valence-corrected chi connectivity index (χ0v) is 9.34. The molecule has 0 aromatic carbocycles. The lowest BCUT2D eigenvalue weighted by molar-refractivity contribution is -0.185. The number of hydrogen-bond donors (Lipinski definition) is 1. The van der Waals surface area contributed by atoms with E-state index in [-0.39, 0.29) is 18.8 Å². The van der Waals surface area contributed by atoms with E-state index in [1.54, 1.807) is 6.08 Å². The number of aliphatic hydroxyl groups excluding tert-OH is 1. The highest BCUT2D eigenvalue weighted by molar-refractivity contribution is 4.81. The summed E-state index contributed by atoms with van der Waals surface area (Å²) in [5.74, 6) is -1.12. The average molecular weight is 236 g/mol. The molecule has 1 unspecified atom stereocenters. The van der Waals surface area contributed by atoms with Gasteiger partial charge in [-0.25, -0.2) is 0 Å². The van der Waals surface area contributed by atoms with Crippen molar-refractivity contribution in [2.24, 2.45) is 11.8 Å². The van der Waals surface area contributed by atoms with Crippen molar-refractivity contribution >= 4 is 0 Å². The van der Waals surface area contributed by atoms with Crippen molar-refractivity contribution in [1.29, 1.82) is 0 Å². The highest BCUT2D eigenvalue weighted by Gasteiger charge is 2.42. The van der Waals surface area contributed by atoms with Gasteiger partial charge in [-0.1, -0.05) is 6.08 Å². The molecule has 0 bridgehead atoms. The minimum atomic E-state index is -4.06. The van der Waals surface area contributed by atoms with Crippen LogP contribution >= 0.6 is 0 Å². The molecule has 0 aromatic heterocycles. The summed E-state index contributed by atoms with van der Waals surface area (Å²) in [7, 11) is 0. The Labute approximate surface area is 94.3 Å². The van der Waals surface area contributed by atoms with E-state index >= 15 is 0 Å². The van der Waals surface area contributed by atoms with Crippen LogP contribution in [0.3, 0.4) is 0 Å². The summed E-state index contributed by atoms with van der Waals surface area (Å²) in [5, 5.41) is 9.77. The maximum absolute atomic E-state index is 12.4. The molecule has 1 N–H and O–H groups in total. The van der Waals surface area contributed by atoms with Gasteiger partial charge in [-0.05, 0) is 44.4 Å². The Hall–Kier alpha value is -0.510. The van der Waals surface area contributed by atoms with Crippen molar-refractivity contribution in [1.82, 2.24) is 0 Å². The highest BCUT2D eigenvalue weighted by Crippen LogP contribution is 2.40. The third-order valence-electron chi connectivity index (χ3n) is 3.45. The summed E-state index contributed by atoms with van der Waals surface area (Å²) < 4.78 is 37.2. The van der Waals surface area contributed by atoms with Crippen LogP contribution in [0.1, 0.15) is 38.5 Å². The van der Waals surface area contributed by atoms with E-state index in [9.17, 15) is 18.3 Å². The maximum Gasteiger partial charge on any atom is 0.391 e. The van der Waals surface area contributed by atoms with Crippen molar-refractivity contribution in [3.8, 4) is 0 Å². The van der Waals surface area contributed by atoms with Gasteiger partial charge in [0.15, 0.2) is 0 Å². The van der Waals surface area contributed by atoms with Crippen LogP contribution in [0.25, 0.3) is 0 Å². The summed E-state index contributed by atoms with van der Waals surface area (Å²) in [5.41, 5.74) is 0. The monoisotopic (exact) mass is 236 g/mol. The largest absolute Gasteiger partial charge is 0.393 e. The van der Waals surface area contributed by atoms with Crippen molar-refractivity contribution in [3.05, 3.63) is 12.7 Å². The summed E-state index contributed by atoms with van der Waals surface area (Å²) >= 11 is 0. The van der Waals surface area contributed by atoms with Gasteiger partial charge in [0.05, 0.1) is 12.0 Å². The Morgan fingerprint density at radius 2 is 1.81 bits per heavy atom. The molecule has 0 spiro atoms. The molecule has 16 heavy (non-hydrogen) atoms. The van der Waals surface area contributed by atoms with Gasteiger partial charge < -0.3 is 5.11 Å². The van der Waals surface area contributed by atoms with Crippen LogP contribution in [-0.4, -0.2) is 17.4 Å². The second-order valence-corrected chi connectivity index (χ2v) is 4.59. The molecule has 0 radical (unpaired) electrons. The minimum Gasteiger partial charge on any atom is -0.393 e. The Balaban J connectivity index is 2.34. The molecule has 1 nitrogen and oxygen atoms in total. The molecular formula is C12H19F3O. The first-order valence-electron chi connectivity index (χ1n) is 5.80. The summed E-state index contributed by atoms with van der Waals surface area (Å²) in [6.45, 7) is 3.56. The van der Waals surface area contributed by atoms with Crippen LogP contribution in [0.2, 0.25) is 0 Å². The zero-order valence-electron chi connectivity index (χ0n) is 9.34. The average Bonchev–Trinajstić information content (AvgIpc) is 2.25. The second kappa shape index (κ2) is 5.71. The summed E-state index contributed by atoms with van der Waals surface area (Å²) in [6.07, 6.45) is -0.150. The van der Waals surface area contributed by atoms with E-state index in [0.717, 1.165) is 6.42 Å². The van der Waals surface area contributed by atoms with Gasteiger partial charge in [-0.2, -0.15) is 13.2 Å². The Bertz CT molecular complexity index is 217. The number of allylic oxidation sites excluding steroid dienone is 1. The molecule has 0 heterocycles. The molecule has 0 aromatic rings. The van der Waals surface area contributed by atoms with Gasteiger partial charge in [0.25, 0.3) is 0 Å². The van der Waals surface area contributed by atoms with Gasteiger partial charge in [0, 0.05) is 0 Å². The molecule has 4 heteroatoms. The normalized spacial score (nSPS) is 28.8. The number of alkyl halides is 3. The number of halogens is 3. The van der Waals surface area contributed by atoms with Crippen LogP contribution in [0.15, 0.2) is 12.7 Å². The molecule has 1 fully saturated rings. The van der Waals surface area contributed by atoms with E-state index in [2.05, 4.69) is 6.58 Å². The molecule has 1 rings (SSSR count). The van der Waals surface area contributed by atoms with E-state index in [4.69, 9.17) is 0 Å². The molecule has 0 saturated heterocycles.